The van der Waals surface area contributed by atoms with Crippen LogP contribution >= 0.6 is 27.7 Å². The Kier molecular flexibility index (Phi) is 12.8. The standard InChI is InChI=1S/C13H21NO2S.C10H14BrNO2/c1-5-17-12-8-11(15-3)7-10(6-9(2)14)13(12)16-4;1-13-9-6-8(11)10(14-2)5-7(9)3-4-12/h7-9H,5-6,14H2,1-4H3;5-6H,3-4,12H2,1-2H3. The Balaban J connectivity index is 0.000000316. The van der Waals surface area contributed by atoms with E-state index in [1.165, 1.54) is 0 Å². The Hall–Kier alpha value is -1.61. The fourth-order valence-corrected chi connectivity index (χ4v) is 4.36. The van der Waals surface area contributed by atoms with Gasteiger partial charge in [0.1, 0.15) is 23.0 Å². The van der Waals surface area contributed by atoms with Crippen LogP contribution in [0.1, 0.15) is 25.0 Å². The van der Waals surface area contributed by atoms with E-state index in [0.29, 0.717) is 6.54 Å². The SMILES string of the molecule is CCSc1cc(OC)cc(CC(C)N)c1OC.COc1cc(CCN)c(OC)cc1Br. The molecule has 0 saturated carbocycles. The second-order valence-corrected chi connectivity index (χ2v) is 8.93. The molecular formula is C23H35BrN2O4S. The van der Waals surface area contributed by atoms with Gasteiger partial charge in [-0.15, -0.1) is 11.8 Å². The molecule has 8 heteroatoms. The molecule has 2 rings (SSSR count). The Morgan fingerprint density at radius 3 is 2.10 bits per heavy atom. The van der Waals surface area contributed by atoms with Gasteiger partial charge in [0.2, 0.25) is 0 Å². The lowest BCUT2D eigenvalue weighted by atomic mass is 10.1. The van der Waals surface area contributed by atoms with Gasteiger partial charge in [-0.05, 0) is 77.8 Å². The fraction of sp³-hybridized carbons (Fsp3) is 0.478. The van der Waals surface area contributed by atoms with E-state index in [9.17, 15) is 0 Å². The van der Waals surface area contributed by atoms with Crippen molar-refractivity contribution in [1.82, 2.24) is 0 Å². The van der Waals surface area contributed by atoms with Gasteiger partial charge >= 0.3 is 0 Å². The first-order valence-corrected chi connectivity index (χ1v) is 11.9. The highest BCUT2D eigenvalue weighted by molar-refractivity contribution is 9.10. The van der Waals surface area contributed by atoms with Gasteiger partial charge in [-0.2, -0.15) is 0 Å². The zero-order valence-corrected chi connectivity index (χ0v) is 21.7. The van der Waals surface area contributed by atoms with E-state index in [0.717, 1.165) is 62.1 Å². The molecule has 0 bridgehead atoms. The molecule has 2 aromatic rings. The topological polar surface area (TPSA) is 89.0 Å². The van der Waals surface area contributed by atoms with E-state index in [1.807, 2.05) is 31.2 Å². The van der Waals surface area contributed by atoms with E-state index in [1.54, 1.807) is 40.2 Å². The van der Waals surface area contributed by atoms with Crippen LogP contribution in [-0.4, -0.2) is 46.8 Å². The highest BCUT2D eigenvalue weighted by atomic mass is 79.9. The second-order valence-electron chi connectivity index (χ2n) is 6.77. The van der Waals surface area contributed by atoms with E-state index >= 15 is 0 Å². The summed E-state index contributed by atoms with van der Waals surface area (Å²) in [6, 6.07) is 7.95. The Morgan fingerprint density at radius 1 is 0.935 bits per heavy atom. The van der Waals surface area contributed by atoms with Crippen LogP contribution in [0, 0.1) is 0 Å². The highest BCUT2D eigenvalue weighted by Crippen LogP contribution is 2.37. The lowest BCUT2D eigenvalue weighted by molar-refractivity contribution is 0.388. The number of nitrogens with two attached hydrogens (primary N) is 2. The molecule has 0 saturated heterocycles. The van der Waals surface area contributed by atoms with Crippen molar-refractivity contribution in [2.45, 2.75) is 37.6 Å². The molecule has 0 aliphatic carbocycles. The second kappa shape index (κ2) is 14.5. The van der Waals surface area contributed by atoms with E-state index in [-0.39, 0.29) is 6.04 Å². The molecule has 0 radical (unpaired) electrons. The maximum atomic E-state index is 5.86. The monoisotopic (exact) mass is 514 g/mol. The number of halogens is 1. The lowest BCUT2D eigenvalue weighted by Crippen LogP contribution is -2.18. The minimum atomic E-state index is 0.107. The normalized spacial score (nSPS) is 11.3. The van der Waals surface area contributed by atoms with Gasteiger partial charge in [-0.25, -0.2) is 0 Å². The molecule has 0 aromatic heterocycles. The van der Waals surface area contributed by atoms with E-state index in [2.05, 4.69) is 22.9 Å². The van der Waals surface area contributed by atoms with Gasteiger partial charge in [0.05, 0.1) is 37.8 Å². The van der Waals surface area contributed by atoms with Crippen molar-refractivity contribution in [3.8, 4) is 23.0 Å². The molecule has 6 nitrogen and oxygen atoms in total. The first-order chi connectivity index (χ1) is 14.8. The molecule has 1 unspecified atom stereocenters. The quantitative estimate of drug-likeness (QED) is 0.445. The van der Waals surface area contributed by atoms with Crippen LogP contribution in [0.3, 0.4) is 0 Å². The van der Waals surface area contributed by atoms with Gasteiger partial charge < -0.3 is 30.4 Å². The van der Waals surface area contributed by atoms with Crippen LogP contribution in [-0.2, 0) is 12.8 Å². The van der Waals surface area contributed by atoms with Crippen LogP contribution < -0.4 is 30.4 Å². The molecule has 31 heavy (non-hydrogen) atoms. The number of ether oxygens (including phenoxy) is 4. The number of methoxy groups -OCH3 is 4. The predicted octanol–water partition coefficient (Wildman–Crippen LogP) is 4.67. The van der Waals surface area contributed by atoms with Crippen LogP contribution in [0.4, 0.5) is 0 Å². The molecule has 4 N–H and O–H groups in total. The largest absolute Gasteiger partial charge is 0.497 e. The van der Waals surface area contributed by atoms with E-state index in [4.69, 9.17) is 30.4 Å². The molecule has 0 aliphatic rings. The van der Waals surface area contributed by atoms with Crippen molar-refractivity contribution >= 4 is 27.7 Å². The van der Waals surface area contributed by atoms with Crippen LogP contribution in [0.15, 0.2) is 33.6 Å². The fourth-order valence-electron chi connectivity index (χ4n) is 3.02. The molecular weight excluding hydrogens is 480 g/mol. The summed E-state index contributed by atoms with van der Waals surface area (Å²) in [6.07, 6.45) is 1.57. The zero-order chi connectivity index (χ0) is 23.4. The van der Waals surface area contributed by atoms with Gasteiger partial charge in [0, 0.05) is 11.6 Å². The predicted molar refractivity (Wildman–Crippen MR) is 133 cm³/mol. The molecule has 0 heterocycles. The number of benzene rings is 2. The third-order valence-electron chi connectivity index (χ3n) is 4.36. The van der Waals surface area contributed by atoms with Crippen LogP contribution in [0.2, 0.25) is 0 Å². The molecule has 0 fully saturated rings. The maximum Gasteiger partial charge on any atom is 0.135 e. The van der Waals surface area contributed by atoms with Crippen molar-refractivity contribution in [1.29, 1.82) is 0 Å². The van der Waals surface area contributed by atoms with E-state index < -0.39 is 0 Å². The summed E-state index contributed by atoms with van der Waals surface area (Å²) >= 11 is 5.15. The summed E-state index contributed by atoms with van der Waals surface area (Å²) in [5, 5.41) is 0. The van der Waals surface area contributed by atoms with Crippen molar-refractivity contribution in [2.24, 2.45) is 11.5 Å². The summed E-state index contributed by atoms with van der Waals surface area (Å²) in [5.74, 6) is 4.42. The lowest BCUT2D eigenvalue weighted by Gasteiger charge is -2.16. The number of hydrogen-bond donors (Lipinski definition) is 2. The summed E-state index contributed by atoms with van der Waals surface area (Å²) in [4.78, 5) is 1.12. The number of hydrogen-bond acceptors (Lipinski definition) is 7. The zero-order valence-electron chi connectivity index (χ0n) is 19.3. The van der Waals surface area contributed by atoms with Crippen molar-refractivity contribution < 1.29 is 18.9 Å². The van der Waals surface area contributed by atoms with Gasteiger partial charge in [0.25, 0.3) is 0 Å². The van der Waals surface area contributed by atoms with Gasteiger partial charge in [-0.3, -0.25) is 0 Å². The molecule has 0 amide bonds. The average molecular weight is 516 g/mol. The van der Waals surface area contributed by atoms with Gasteiger partial charge in [0.15, 0.2) is 0 Å². The van der Waals surface area contributed by atoms with Crippen molar-refractivity contribution in [2.75, 3.05) is 40.7 Å². The average Bonchev–Trinajstić information content (AvgIpc) is 2.74. The third-order valence-corrected chi connectivity index (χ3v) is 5.88. The molecule has 0 spiro atoms. The summed E-state index contributed by atoms with van der Waals surface area (Å²) < 4.78 is 22.1. The smallest absolute Gasteiger partial charge is 0.135 e. The van der Waals surface area contributed by atoms with Crippen molar-refractivity contribution in [3.05, 3.63) is 39.9 Å². The van der Waals surface area contributed by atoms with Gasteiger partial charge in [-0.1, -0.05) is 6.92 Å². The molecule has 2 aromatic carbocycles. The Morgan fingerprint density at radius 2 is 1.61 bits per heavy atom. The summed E-state index contributed by atoms with van der Waals surface area (Å²) in [6.45, 7) is 4.71. The number of rotatable bonds is 10. The summed E-state index contributed by atoms with van der Waals surface area (Å²) in [7, 11) is 6.66. The highest BCUT2D eigenvalue weighted by Gasteiger charge is 2.13. The number of thioether (sulfide) groups is 1. The van der Waals surface area contributed by atoms with Crippen LogP contribution in [0.5, 0.6) is 23.0 Å². The third kappa shape index (κ3) is 8.44. The Labute approximate surface area is 199 Å². The first kappa shape index (κ1) is 27.4. The Bertz CT molecular complexity index is 819. The van der Waals surface area contributed by atoms with Crippen molar-refractivity contribution in [3.63, 3.8) is 0 Å². The first-order valence-electron chi connectivity index (χ1n) is 10.1. The molecule has 174 valence electrons. The van der Waals surface area contributed by atoms with Crippen LogP contribution in [0.25, 0.3) is 0 Å². The summed E-state index contributed by atoms with van der Waals surface area (Å²) in [5.41, 5.74) is 13.5. The maximum absolute atomic E-state index is 5.86. The molecule has 0 aliphatic heterocycles. The minimum Gasteiger partial charge on any atom is -0.497 e. The minimum absolute atomic E-state index is 0.107. The molecule has 1 atom stereocenters.